The highest BCUT2D eigenvalue weighted by molar-refractivity contribution is 7.92. The Kier molecular flexibility index (Phi) is 6.76. The minimum Gasteiger partial charge on any atom is -0.395 e. The van der Waals surface area contributed by atoms with Gasteiger partial charge in [-0.1, -0.05) is 12.5 Å². The summed E-state index contributed by atoms with van der Waals surface area (Å²) in [5, 5.41) is 12.3. The molecule has 1 saturated heterocycles. The first-order chi connectivity index (χ1) is 18.3. The van der Waals surface area contributed by atoms with Gasteiger partial charge in [-0.15, -0.1) is 0 Å². The first kappa shape index (κ1) is 25.5. The summed E-state index contributed by atoms with van der Waals surface area (Å²) in [7, 11) is -3.66. The maximum atomic E-state index is 13.7. The van der Waals surface area contributed by atoms with Crippen molar-refractivity contribution in [3.63, 3.8) is 0 Å². The lowest BCUT2D eigenvalue weighted by Gasteiger charge is -2.35. The third-order valence-electron chi connectivity index (χ3n) is 9.07. The first-order valence-corrected chi connectivity index (χ1v) is 15.7. The van der Waals surface area contributed by atoms with E-state index in [1.165, 1.54) is 43.4 Å². The Labute approximate surface area is 225 Å². The van der Waals surface area contributed by atoms with E-state index < -0.39 is 16.6 Å². The van der Waals surface area contributed by atoms with Crippen molar-refractivity contribution >= 4 is 38.7 Å². The number of fused-ring (bicyclic) bond motifs is 1. The highest BCUT2D eigenvalue weighted by atomic mass is 32.2. The predicted molar refractivity (Wildman–Crippen MR) is 152 cm³/mol. The molecule has 3 N–H and O–H groups in total. The second kappa shape index (κ2) is 10.1. The number of aliphatic hydroxyl groups excluding tert-OH is 1. The van der Waals surface area contributed by atoms with Crippen molar-refractivity contribution in [1.82, 2.24) is 0 Å². The molecule has 2 aliphatic heterocycles. The number of benzene rings is 2. The summed E-state index contributed by atoms with van der Waals surface area (Å²) in [5.74, 6) is 0.241. The maximum Gasteiger partial charge on any atom is 0.257 e. The van der Waals surface area contributed by atoms with Crippen molar-refractivity contribution in [2.75, 3.05) is 58.4 Å². The Bertz CT molecular complexity index is 1310. The molecule has 4 aliphatic rings. The van der Waals surface area contributed by atoms with Gasteiger partial charge in [0, 0.05) is 43.1 Å². The number of piperidine rings is 1. The zero-order valence-corrected chi connectivity index (χ0v) is 22.7. The van der Waals surface area contributed by atoms with E-state index in [1.54, 1.807) is 18.2 Å². The van der Waals surface area contributed by atoms with Gasteiger partial charge in [0.05, 0.1) is 29.3 Å². The maximum absolute atomic E-state index is 13.7. The first-order valence-electron chi connectivity index (χ1n) is 14.0. The molecule has 0 unspecified atom stereocenters. The number of aliphatic hydroxyl groups is 1. The van der Waals surface area contributed by atoms with Crippen LogP contribution in [-0.4, -0.2) is 58.0 Å². The number of sulfonamides is 1. The van der Waals surface area contributed by atoms with E-state index in [4.69, 9.17) is 5.11 Å². The molecule has 38 heavy (non-hydrogen) atoms. The molecule has 0 aromatic heterocycles. The van der Waals surface area contributed by atoms with Gasteiger partial charge in [0.1, 0.15) is 0 Å². The van der Waals surface area contributed by atoms with Gasteiger partial charge in [0.2, 0.25) is 10.0 Å². The van der Waals surface area contributed by atoms with Crippen LogP contribution in [-0.2, 0) is 16.4 Å². The quantitative estimate of drug-likeness (QED) is 0.442. The molecule has 2 aromatic carbocycles. The minimum absolute atomic E-state index is 0.178. The van der Waals surface area contributed by atoms with Crippen LogP contribution in [0.1, 0.15) is 60.9 Å². The molecule has 2 saturated carbocycles. The SMILES string of the molecule is O=C(Nc1cccc2c1CCN2CC1CCC1)c1ccc(NS(=O)(=O)CCO)cc1N1CCC2(CC1)CC2. The van der Waals surface area contributed by atoms with Crippen molar-refractivity contribution in [1.29, 1.82) is 0 Å². The molecular weight excluding hydrogens is 500 g/mol. The monoisotopic (exact) mass is 538 g/mol. The zero-order valence-electron chi connectivity index (χ0n) is 21.9. The Balaban J connectivity index is 1.25. The largest absolute Gasteiger partial charge is 0.395 e. The van der Waals surface area contributed by atoms with Gasteiger partial charge in [-0.05, 0) is 86.6 Å². The van der Waals surface area contributed by atoms with E-state index in [-0.39, 0.29) is 11.7 Å². The van der Waals surface area contributed by atoms with Gasteiger partial charge in [0.25, 0.3) is 5.91 Å². The molecule has 204 valence electrons. The van der Waals surface area contributed by atoms with Gasteiger partial charge in [0.15, 0.2) is 0 Å². The van der Waals surface area contributed by atoms with Crippen molar-refractivity contribution in [2.24, 2.45) is 11.3 Å². The number of hydrogen-bond acceptors (Lipinski definition) is 6. The molecule has 0 radical (unpaired) electrons. The van der Waals surface area contributed by atoms with E-state index in [1.807, 2.05) is 12.1 Å². The standard InChI is InChI=1S/C29H38N4O4S/c34-17-18-38(36,37)31-22-7-8-24(27(19-22)32-15-12-29(10-11-29)13-16-32)28(35)30-25-5-2-6-26-23(25)9-14-33(26)20-21-3-1-4-21/h2,5-8,19,21,31,34H,1,3-4,9-18,20H2,(H,30,35). The summed E-state index contributed by atoms with van der Waals surface area (Å²) in [6, 6.07) is 11.3. The Morgan fingerprint density at radius 1 is 1.03 bits per heavy atom. The number of rotatable bonds is 9. The van der Waals surface area contributed by atoms with Crippen LogP contribution < -0.4 is 19.8 Å². The summed E-state index contributed by atoms with van der Waals surface area (Å²) in [4.78, 5) is 18.4. The third kappa shape index (κ3) is 5.23. The molecule has 9 heteroatoms. The number of amides is 1. The number of nitrogens with one attached hydrogen (secondary N) is 2. The van der Waals surface area contributed by atoms with Crippen LogP contribution >= 0.6 is 0 Å². The van der Waals surface area contributed by atoms with Crippen molar-refractivity contribution in [2.45, 2.75) is 51.4 Å². The third-order valence-corrected chi connectivity index (χ3v) is 10.3. The lowest BCUT2D eigenvalue weighted by Crippen LogP contribution is -2.35. The van der Waals surface area contributed by atoms with Gasteiger partial charge in [-0.3, -0.25) is 9.52 Å². The highest BCUT2D eigenvalue weighted by Crippen LogP contribution is 2.54. The fraction of sp³-hybridized carbons (Fsp3) is 0.552. The molecule has 2 aromatic rings. The molecule has 2 heterocycles. The fourth-order valence-electron chi connectivity index (χ4n) is 6.28. The van der Waals surface area contributed by atoms with E-state index in [0.717, 1.165) is 62.7 Å². The average molecular weight is 539 g/mol. The molecule has 1 spiro atoms. The van der Waals surface area contributed by atoms with Crippen molar-refractivity contribution in [3.8, 4) is 0 Å². The second-order valence-corrected chi connectivity index (χ2v) is 13.5. The van der Waals surface area contributed by atoms with Gasteiger partial charge in [-0.25, -0.2) is 8.42 Å². The van der Waals surface area contributed by atoms with Crippen LogP contribution in [0.25, 0.3) is 0 Å². The lowest BCUT2D eigenvalue weighted by atomic mass is 9.85. The lowest BCUT2D eigenvalue weighted by molar-refractivity contribution is 0.102. The molecule has 3 fully saturated rings. The van der Waals surface area contributed by atoms with Crippen LogP contribution in [0.5, 0.6) is 0 Å². The van der Waals surface area contributed by atoms with Crippen LogP contribution in [0.2, 0.25) is 0 Å². The Hall–Kier alpha value is -2.78. The molecule has 2 aliphatic carbocycles. The van der Waals surface area contributed by atoms with Crippen LogP contribution in [0.3, 0.4) is 0 Å². The normalized spacial score (nSPS) is 20.2. The van der Waals surface area contributed by atoms with E-state index >= 15 is 0 Å². The zero-order chi connectivity index (χ0) is 26.3. The topological polar surface area (TPSA) is 102 Å². The van der Waals surface area contributed by atoms with Crippen molar-refractivity contribution < 1.29 is 18.3 Å². The van der Waals surface area contributed by atoms with Gasteiger partial charge < -0.3 is 20.2 Å². The van der Waals surface area contributed by atoms with E-state index in [2.05, 4.69) is 25.9 Å². The van der Waals surface area contributed by atoms with Crippen LogP contribution in [0.15, 0.2) is 36.4 Å². The summed E-state index contributed by atoms with van der Waals surface area (Å²) in [6.07, 6.45) is 9.64. The molecule has 1 amide bonds. The molecule has 6 rings (SSSR count). The number of carbonyl (C=O) groups excluding carboxylic acids is 1. The Morgan fingerprint density at radius 2 is 1.82 bits per heavy atom. The summed E-state index contributed by atoms with van der Waals surface area (Å²) in [6.45, 7) is 3.34. The molecular formula is C29H38N4O4S. The van der Waals surface area contributed by atoms with Crippen LogP contribution in [0, 0.1) is 11.3 Å². The van der Waals surface area contributed by atoms with Crippen LogP contribution in [0.4, 0.5) is 22.7 Å². The Morgan fingerprint density at radius 3 is 2.50 bits per heavy atom. The van der Waals surface area contributed by atoms with Gasteiger partial charge >= 0.3 is 0 Å². The van der Waals surface area contributed by atoms with E-state index in [9.17, 15) is 13.2 Å². The summed E-state index contributed by atoms with van der Waals surface area (Å²) >= 11 is 0. The van der Waals surface area contributed by atoms with E-state index in [0.29, 0.717) is 16.7 Å². The number of hydrogen-bond donors (Lipinski definition) is 3. The predicted octanol–water partition coefficient (Wildman–Crippen LogP) is 4.22. The second-order valence-electron chi connectivity index (χ2n) is 11.6. The molecule has 8 nitrogen and oxygen atoms in total. The fourth-order valence-corrected chi connectivity index (χ4v) is 7.11. The minimum atomic E-state index is -3.66. The summed E-state index contributed by atoms with van der Waals surface area (Å²) < 4.78 is 27.2. The number of anilines is 4. The van der Waals surface area contributed by atoms with Gasteiger partial charge in [-0.2, -0.15) is 0 Å². The number of carbonyl (C=O) groups is 1. The molecule has 0 atom stereocenters. The average Bonchev–Trinajstić information content (AvgIpc) is 3.48. The summed E-state index contributed by atoms with van der Waals surface area (Å²) in [5.41, 5.74) is 5.47. The molecule has 0 bridgehead atoms. The van der Waals surface area contributed by atoms with Crippen molar-refractivity contribution in [3.05, 3.63) is 47.5 Å². The smallest absolute Gasteiger partial charge is 0.257 e. The highest BCUT2D eigenvalue weighted by Gasteiger charge is 2.44. The number of nitrogens with zero attached hydrogens (tertiary/aromatic N) is 2.